The highest BCUT2D eigenvalue weighted by atomic mass is 16.5. The van der Waals surface area contributed by atoms with Crippen molar-refractivity contribution in [3.8, 4) is 5.75 Å². The Hall–Kier alpha value is -3.39. The van der Waals surface area contributed by atoms with Crippen LogP contribution in [-0.2, 0) is 26.2 Å². The van der Waals surface area contributed by atoms with Crippen LogP contribution in [0.2, 0.25) is 0 Å². The van der Waals surface area contributed by atoms with Crippen LogP contribution < -0.4 is 15.4 Å². The third-order valence-electron chi connectivity index (χ3n) is 8.03. The summed E-state index contributed by atoms with van der Waals surface area (Å²) in [5.74, 6) is 1.79. The molecule has 196 valence electrons. The molecule has 2 heterocycles. The highest BCUT2D eigenvalue weighted by Crippen LogP contribution is 2.60. The van der Waals surface area contributed by atoms with Crippen LogP contribution in [0.15, 0.2) is 42.5 Å². The first kappa shape index (κ1) is 25.3. The van der Waals surface area contributed by atoms with Gasteiger partial charge in [-0.1, -0.05) is 24.3 Å². The molecule has 0 bridgehead atoms. The summed E-state index contributed by atoms with van der Waals surface area (Å²) in [7, 11) is 1.57. The third kappa shape index (κ3) is 4.70. The van der Waals surface area contributed by atoms with Gasteiger partial charge < -0.3 is 25.1 Å². The van der Waals surface area contributed by atoms with Gasteiger partial charge in [-0.05, 0) is 62.9 Å². The molecule has 8 nitrogen and oxygen atoms in total. The van der Waals surface area contributed by atoms with Crippen LogP contribution in [0, 0.1) is 5.41 Å². The van der Waals surface area contributed by atoms with E-state index >= 15 is 0 Å². The number of amides is 2. The van der Waals surface area contributed by atoms with E-state index in [2.05, 4.69) is 33.8 Å². The average Bonchev–Trinajstić information content (AvgIpc) is 3.55. The van der Waals surface area contributed by atoms with Crippen molar-refractivity contribution in [3.05, 3.63) is 59.4 Å². The Bertz CT molecular complexity index is 1310. The number of aromatic amines is 1. The van der Waals surface area contributed by atoms with Gasteiger partial charge in [-0.2, -0.15) is 0 Å². The predicted octanol–water partition coefficient (Wildman–Crippen LogP) is 3.61. The summed E-state index contributed by atoms with van der Waals surface area (Å²) < 4.78 is 11.5. The summed E-state index contributed by atoms with van der Waals surface area (Å²) in [4.78, 5) is 34.0. The Balaban J connectivity index is 1.41. The number of H-pyrrole nitrogens is 1. The molecule has 1 unspecified atom stereocenters. The molecular weight excluding hydrogens is 468 g/mol. The zero-order valence-electron chi connectivity index (χ0n) is 22.0. The van der Waals surface area contributed by atoms with E-state index in [-0.39, 0.29) is 23.8 Å². The van der Waals surface area contributed by atoms with Crippen LogP contribution in [0.4, 0.5) is 0 Å². The molecule has 1 aliphatic carbocycles. The molecule has 2 aromatic carbocycles. The number of aromatic nitrogens is 2. The molecule has 5 rings (SSSR count). The minimum atomic E-state index is -0.986. The predicted molar refractivity (Wildman–Crippen MR) is 142 cm³/mol. The first-order valence-corrected chi connectivity index (χ1v) is 13.1. The van der Waals surface area contributed by atoms with E-state index in [4.69, 9.17) is 14.5 Å². The third-order valence-corrected chi connectivity index (χ3v) is 8.03. The number of hydrogen-bond donors (Lipinski definition) is 3. The fourth-order valence-electron chi connectivity index (χ4n) is 5.54. The van der Waals surface area contributed by atoms with Gasteiger partial charge in [0.15, 0.2) is 0 Å². The van der Waals surface area contributed by atoms with Crippen molar-refractivity contribution >= 4 is 22.8 Å². The van der Waals surface area contributed by atoms with E-state index in [1.807, 2.05) is 38.1 Å². The summed E-state index contributed by atoms with van der Waals surface area (Å²) in [5.41, 5.74) is 3.01. The van der Waals surface area contributed by atoms with Crippen molar-refractivity contribution in [2.24, 2.45) is 5.41 Å². The molecule has 0 radical (unpaired) electrons. The summed E-state index contributed by atoms with van der Waals surface area (Å²) in [6.07, 6.45) is 3.16. The molecule has 37 heavy (non-hydrogen) atoms. The number of para-hydroxylation sites is 1. The molecule has 1 fully saturated rings. The monoisotopic (exact) mass is 504 g/mol. The van der Waals surface area contributed by atoms with Crippen LogP contribution >= 0.6 is 0 Å². The van der Waals surface area contributed by atoms with Gasteiger partial charge in [-0.3, -0.25) is 9.59 Å². The molecule has 8 heteroatoms. The highest BCUT2D eigenvalue weighted by molar-refractivity contribution is 5.93. The second-order valence-electron chi connectivity index (χ2n) is 10.7. The number of hydrogen-bond acceptors (Lipinski definition) is 5. The lowest BCUT2D eigenvalue weighted by atomic mass is 9.79. The van der Waals surface area contributed by atoms with Crippen LogP contribution in [0.3, 0.4) is 0 Å². The molecule has 2 aliphatic rings. The molecule has 0 saturated heterocycles. The lowest BCUT2D eigenvalue weighted by molar-refractivity contribution is -0.132. The molecule has 1 aromatic heterocycles. The molecule has 3 N–H and O–H groups in total. The number of methoxy groups -OCH3 is 1. The fraction of sp³-hybridized carbons (Fsp3) is 0.483. The second kappa shape index (κ2) is 9.82. The smallest absolute Gasteiger partial charge is 0.242 e. The maximum atomic E-state index is 13.4. The molecular formula is C29H36N4O4. The maximum absolute atomic E-state index is 13.4. The molecule has 2 amide bonds. The van der Waals surface area contributed by atoms with Gasteiger partial charge in [-0.15, -0.1) is 0 Å². The zero-order valence-corrected chi connectivity index (χ0v) is 22.0. The van der Waals surface area contributed by atoms with E-state index in [1.54, 1.807) is 14.0 Å². The molecule has 1 aliphatic heterocycles. The summed E-state index contributed by atoms with van der Waals surface area (Å²) in [6, 6.07) is 13.5. The van der Waals surface area contributed by atoms with E-state index in [0.29, 0.717) is 12.5 Å². The number of carbonyl (C=O) groups excluding carboxylic acids is 2. The number of imidazole rings is 1. The van der Waals surface area contributed by atoms with Gasteiger partial charge in [-0.25, -0.2) is 4.98 Å². The van der Waals surface area contributed by atoms with Crippen molar-refractivity contribution in [3.63, 3.8) is 0 Å². The average molecular weight is 505 g/mol. The standard InChI is InChI=1S/C29H36N4O4/c1-5-30-26(34)18(2)31-27(35)28(3,16-36-4)19-10-11-22-23(14-19)33-25(32-22)15-21-20-8-6-7-9-24(20)37-17-29(21)12-13-29/h6-11,14,18,21H,5,12-13,15-17H2,1-4H3,(H,30,34)(H,31,35)(H,32,33)/t18-,21-,28?/m1/s1. The van der Waals surface area contributed by atoms with Gasteiger partial charge in [0, 0.05) is 31.4 Å². The summed E-state index contributed by atoms with van der Waals surface area (Å²) in [6.45, 7) is 6.80. The number of rotatable bonds is 9. The van der Waals surface area contributed by atoms with Crippen LogP contribution in [0.25, 0.3) is 11.0 Å². The summed E-state index contributed by atoms with van der Waals surface area (Å²) in [5, 5.41) is 5.59. The number of nitrogens with zero attached hydrogens (tertiary/aromatic N) is 1. The number of likely N-dealkylation sites (N-methyl/N-ethyl adjacent to an activating group) is 1. The largest absolute Gasteiger partial charge is 0.493 e. The van der Waals surface area contributed by atoms with Gasteiger partial charge in [0.05, 0.1) is 29.7 Å². The topological polar surface area (TPSA) is 105 Å². The first-order chi connectivity index (χ1) is 17.8. The van der Waals surface area contributed by atoms with Crippen molar-refractivity contribution in [1.29, 1.82) is 0 Å². The van der Waals surface area contributed by atoms with Crippen molar-refractivity contribution < 1.29 is 19.1 Å². The lowest BCUT2D eigenvalue weighted by Gasteiger charge is -2.33. The van der Waals surface area contributed by atoms with E-state index in [1.165, 1.54) is 18.4 Å². The number of ether oxygens (including phenoxy) is 2. The van der Waals surface area contributed by atoms with Gasteiger partial charge in [0.1, 0.15) is 17.6 Å². The SMILES string of the molecule is CCNC(=O)[C@@H](C)NC(=O)C(C)(COC)c1ccc2[nH]c(C[C@@H]3c4ccccc4OCC34CC4)nc2c1. The van der Waals surface area contributed by atoms with Crippen molar-refractivity contribution in [1.82, 2.24) is 20.6 Å². The minimum absolute atomic E-state index is 0.172. The van der Waals surface area contributed by atoms with Crippen LogP contribution in [-0.4, -0.2) is 54.7 Å². The number of benzene rings is 2. The van der Waals surface area contributed by atoms with E-state index < -0.39 is 11.5 Å². The lowest BCUT2D eigenvalue weighted by Crippen LogP contribution is -2.52. The Kier molecular flexibility index (Phi) is 6.70. The van der Waals surface area contributed by atoms with E-state index in [0.717, 1.165) is 41.2 Å². The second-order valence-corrected chi connectivity index (χ2v) is 10.7. The fourth-order valence-corrected chi connectivity index (χ4v) is 5.54. The number of carbonyl (C=O) groups is 2. The van der Waals surface area contributed by atoms with Gasteiger partial charge in [0.2, 0.25) is 11.8 Å². The maximum Gasteiger partial charge on any atom is 0.242 e. The Morgan fingerprint density at radius 3 is 2.78 bits per heavy atom. The minimum Gasteiger partial charge on any atom is -0.493 e. The molecule has 1 saturated carbocycles. The molecule has 3 aromatic rings. The normalized spacial score (nSPS) is 19.9. The van der Waals surface area contributed by atoms with Gasteiger partial charge >= 0.3 is 0 Å². The zero-order chi connectivity index (χ0) is 26.2. The molecule has 3 atom stereocenters. The summed E-state index contributed by atoms with van der Waals surface area (Å²) >= 11 is 0. The van der Waals surface area contributed by atoms with Crippen molar-refractivity contribution in [2.45, 2.75) is 57.4 Å². The van der Waals surface area contributed by atoms with Crippen LogP contribution in [0.5, 0.6) is 5.75 Å². The number of nitrogens with one attached hydrogen (secondary N) is 3. The highest BCUT2D eigenvalue weighted by Gasteiger charge is 2.53. The Morgan fingerprint density at radius 2 is 2.05 bits per heavy atom. The molecule has 1 spiro atoms. The quantitative estimate of drug-likeness (QED) is 0.413. The number of fused-ring (bicyclic) bond motifs is 2. The van der Waals surface area contributed by atoms with Crippen molar-refractivity contribution in [2.75, 3.05) is 26.9 Å². The Morgan fingerprint density at radius 1 is 1.27 bits per heavy atom. The van der Waals surface area contributed by atoms with Gasteiger partial charge in [0.25, 0.3) is 0 Å². The Labute approximate surface area is 217 Å². The van der Waals surface area contributed by atoms with E-state index in [9.17, 15) is 9.59 Å². The van der Waals surface area contributed by atoms with Crippen LogP contribution in [0.1, 0.15) is 56.5 Å². The first-order valence-electron chi connectivity index (χ1n) is 13.1.